The molecular weight excluding hydrogens is 270 g/mol. The maximum atomic E-state index is 13.0. The maximum Gasteiger partial charge on any atom is 0.307 e. The van der Waals surface area contributed by atoms with Gasteiger partial charge in [-0.2, -0.15) is 0 Å². The zero-order valence-electron chi connectivity index (χ0n) is 8.47. The van der Waals surface area contributed by atoms with Crippen LogP contribution in [0.25, 0.3) is 5.83 Å². The Morgan fingerprint density at radius 1 is 1.06 bits per heavy atom. The average Bonchev–Trinajstić information content (AvgIpc) is 2.13. The van der Waals surface area contributed by atoms with Crippen LogP contribution in [-0.4, -0.2) is 7.11 Å². The van der Waals surface area contributed by atoms with Gasteiger partial charge in [0.15, 0.2) is 0 Å². The molecule has 0 N–H and O–H groups in total. The van der Waals surface area contributed by atoms with Crippen LogP contribution in [0.15, 0.2) is 29.7 Å². The molecule has 1 rings (SSSR count). The molecule has 1 nitrogen and oxygen atoms in total. The molecule has 8 heteroatoms. The van der Waals surface area contributed by atoms with E-state index < -0.39 is 27.0 Å². The highest BCUT2D eigenvalue weighted by molar-refractivity contribution is 8.48. The molecule has 0 atom stereocenters. The predicted molar refractivity (Wildman–Crippen MR) is 55.2 cm³/mol. The van der Waals surface area contributed by atoms with E-state index in [0.717, 1.165) is 24.3 Å². The van der Waals surface area contributed by atoms with Gasteiger partial charge >= 0.3 is 10.2 Å². The standard InChI is InChI=1S/C9H8F6OS/c1-16-8-4-2-7(3-5-8)9(10)6-17(11,12,13,14)15/h2-6H,1H3/b9-6-. The van der Waals surface area contributed by atoms with E-state index in [4.69, 9.17) is 0 Å². The van der Waals surface area contributed by atoms with Gasteiger partial charge in [0.1, 0.15) is 17.0 Å². The summed E-state index contributed by atoms with van der Waals surface area (Å²) in [7, 11) is -8.59. The van der Waals surface area contributed by atoms with Crippen LogP contribution < -0.4 is 4.74 Å². The molecule has 0 saturated carbocycles. The molecule has 1 aromatic carbocycles. The number of benzene rings is 1. The number of ether oxygens (including phenoxy) is 1. The molecule has 0 amide bonds. The summed E-state index contributed by atoms with van der Waals surface area (Å²) in [5.74, 6) is -1.76. The van der Waals surface area contributed by atoms with Crippen molar-refractivity contribution in [2.75, 3.05) is 7.11 Å². The fraction of sp³-hybridized carbons (Fsp3) is 0.111. The van der Waals surface area contributed by atoms with Crippen LogP contribution in [0.2, 0.25) is 0 Å². The lowest BCUT2D eigenvalue weighted by atomic mass is 10.2. The Bertz CT molecular complexity index is 446. The van der Waals surface area contributed by atoms with Crippen LogP contribution in [0.1, 0.15) is 5.56 Å². The quantitative estimate of drug-likeness (QED) is 0.685. The minimum absolute atomic E-state index is 0.272. The first-order chi connectivity index (χ1) is 7.40. The minimum atomic E-state index is -9.89. The highest BCUT2D eigenvalue weighted by Crippen LogP contribution is 2.99. The zero-order chi connectivity index (χ0) is 13.4. The summed E-state index contributed by atoms with van der Waals surface area (Å²) < 4.78 is 77.5. The van der Waals surface area contributed by atoms with Crippen LogP contribution in [0.5, 0.6) is 5.75 Å². The number of methoxy groups -OCH3 is 1. The second-order valence-corrected chi connectivity index (χ2v) is 5.52. The molecular formula is C9H8F6OS. The highest BCUT2D eigenvalue weighted by atomic mass is 32.5. The number of hydrogen-bond donors (Lipinski definition) is 0. The summed E-state index contributed by atoms with van der Waals surface area (Å²) in [4.78, 5) is 0. The minimum Gasteiger partial charge on any atom is -0.497 e. The van der Waals surface area contributed by atoms with E-state index in [9.17, 15) is 23.8 Å². The first-order valence-electron chi connectivity index (χ1n) is 4.17. The third-order valence-corrected chi connectivity index (χ3v) is 2.34. The van der Waals surface area contributed by atoms with Gasteiger partial charge in [-0.3, -0.25) is 0 Å². The predicted octanol–water partition coefficient (Wildman–Crippen LogP) is 5.26. The molecule has 0 spiro atoms. The molecule has 0 unspecified atom stereocenters. The maximum absolute atomic E-state index is 13.0. The molecule has 17 heavy (non-hydrogen) atoms. The Morgan fingerprint density at radius 3 is 1.88 bits per heavy atom. The lowest BCUT2D eigenvalue weighted by Crippen LogP contribution is -2.00. The Hall–Kier alpha value is -1.31. The zero-order valence-corrected chi connectivity index (χ0v) is 9.29. The summed E-state index contributed by atoms with van der Waals surface area (Å²) in [6.07, 6.45) is 0. The van der Waals surface area contributed by atoms with Crippen LogP contribution >= 0.6 is 10.2 Å². The van der Waals surface area contributed by atoms with E-state index in [2.05, 4.69) is 4.74 Å². The normalized spacial score (nSPS) is 17.2. The van der Waals surface area contributed by atoms with Crippen molar-refractivity contribution in [1.82, 2.24) is 0 Å². The van der Waals surface area contributed by atoms with Crippen LogP contribution in [0, 0.1) is 0 Å². The van der Waals surface area contributed by atoms with E-state index in [-0.39, 0.29) is 5.75 Å². The fourth-order valence-electron chi connectivity index (χ4n) is 1.01. The molecule has 1 aromatic rings. The van der Waals surface area contributed by atoms with E-state index in [1.54, 1.807) is 0 Å². The van der Waals surface area contributed by atoms with E-state index in [0.29, 0.717) is 0 Å². The van der Waals surface area contributed by atoms with Crippen molar-refractivity contribution in [2.45, 2.75) is 0 Å². The summed E-state index contributed by atoms with van der Waals surface area (Å²) in [6, 6.07) is 4.14. The third-order valence-electron chi connectivity index (χ3n) is 1.69. The summed E-state index contributed by atoms with van der Waals surface area (Å²) in [6.45, 7) is 0. The lowest BCUT2D eigenvalue weighted by molar-refractivity contribution is 0.384. The van der Waals surface area contributed by atoms with Crippen molar-refractivity contribution in [3.05, 3.63) is 35.2 Å². The van der Waals surface area contributed by atoms with Crippen molar-refractivity contribution in [3.8, 4) is 5.75 Å². The highest BCUT2D eigenvalue weighted by Gasteiger charge is 2.61. The molecule has 0 saturated heterocycles. The SMILES string of the molecule is COc1ccc(/C(F)=C/S(F)(F)(F)(F)F)cc1. The largest absolute Gasteiger partial charge is 0.497 e. The Balaban J connectivity index is 3.14. The van der Waals surface area contributed by atoms with Gasteiger partial charge in [0.05, 0.1) is 7.11 Å². The monoisotopic (exact) mass is 278 g/mol. The van der Waals surface area contributed by atoms with Crippen molar-refractivity contribution in [1.29, 1.82) is 0 Å². The number of halogens is 6. The van der Waals surface area contributed by atoms with Gasteiger partial charge in [-0.05, 0) is 24.3 Å². The number of hydrogen-bond acceptors (Lipinski definition) is 1. The van der Waals surface area contributed by atoms with Crippen molar-refractivity contribution >= 4 is 16.1 Å². The summed E-state index contributed by atoms with van der Waals surface area (Å²) in [5.41, 5.74) is -0.598. The van der Waals surface area contributed by atoms with Gasteiger partial charge < -0.3 is 4.74 Å². The molecule has 0 bridgehead atoms. The van der Waals surface area contributed by atoms with Gasteiger partial charge in [0.25, 0.3) is 0 Å². The molecule has 0 aliphatic carbocycles. The van der Waals surface area contributed by atoms with Gasteiger partial charge in [0, 0.05) is 5.56 Å². The molecule has 0 aromatic heterocycles. The average molecular weight is 278 g/mol. The third kappa shape index (κ3) is 5.03. The van der Waals surface area contributed by atoms with E-state index in [1.165, 1.54) is 7.11 Å². The second-order valence-electron chi connectivity index (χ2n) is 3.22. The first-order valence-corrected chi connectivity index (χ1v) is 6.18. The summed E-state index contributed by atoms with van der Waals surface area (Å²) in [5, 5.41) is -1.55. The van der Waals surface area contributed by atoms with Crippen molar-refractivity contribution in [2.24, 2.45) is 0 Å². The second kappa shape index (κ2) is 3.34. The summed E-state index contributed by atoms with van der Waals surface area (Å²) >= 11 is 0. The Morgan fingerprint density at radius 2 is 1.53 bits per heavy atom. The molecule has 0 radical (unpaired) electrons. The fourth-order valence-corrected chi connectivity index (χ4v) is 1.54. The van der Waals surface area contributed by atoms with Gasteiger partial charge in [-0.15, -0.1) is 0 Å². The Kier molecular flexibility index (Phi) is 2.71. The molecule has 0 fully saturated rings. The van der Waals surface area contributed by atoms with Crippen LogP contribution in [-0.2, 0) is 0 Å². The molecule has 0 aliphatic heterocycles. The van der Waals surface area contributed by atoms with Crippen molar-refractivity contribution in [3.63, 3.8) is 0 Å². The lowest BCUT2D eigenvalue weighted by Gasteiger charge is -2.36. The molecule has 0 heterocycles. The van der Waals surface area contributed by atoms with Gasteiger partial charge in [0.2, 0.25) is 0 Å². The van der Waals surface area contributed by atoms with Crippen LogP contribution in [0.3, 0.4) is 0 Å². The smallest absolute Gasteiger partial charge is 0.307 e. The van der Waals surface area contributed by atoms with Crippen molar-refractivity contribution < 1.29 is 28.6 Å². The van der Waals surface area contributed by atoms with E-state index in [1.807, 2.05) is 0 Å². The first kappa shape index (κ1) is 13.8. The molecule has 98 valence electrons. The van der Waals surface area contributed by atoms with Gasteiger partial charge in [-0.25, -0.2) is 4.39 Å². The Labute approximate surface area is 93.4 Å². The number of rotatable bonds is 3. The van der Waals surface area contributed by atoms with Crippen LogP contribution in [0.4, 0.5) is 23.8 Å². The molecule has 0 aliphatic rings. The topological polar surface area (TPSA) is 9.23 Å². The van der Waals surface area contributed by atoms with E-state index >= 15 is 0 Å². The van der Waals surface area contributed by atoms with Gasteiger partial charge in [-0.1, -0.05) is 19.4 Å².